The van der Waals surface area contributed by atoms with Gasteiger partial charge in [0.2, 0.25) is 5.91 Å². The molecular formula is C21H18ClN3O2S. The van der Waals surface area contributed by atoms with Crippen LogP contribution < -0.4 is 10.1 Å². The van der Waals surface area contributed by atoms with Gasteiger partial charge in [-0.15, -0.1) is 11.3 Å². The molecule has 142 valence electrons. The van der Waals surface area contributed by atoms with Crippen LogP contribution in [0.4, 0.5) is 5.69 Å². The summed E-state index contributed by atoms with van der Waals surface area (Å²) >= 11 is 7.59. The Morgan fingerprint density at radius 1 is 1.25 bits per heavy atom. The molecular weight excluding hydrogens is 394 g/mol. The summed E-state index contributed by atoms with van der Waals surface area (Å²) in [6.45, 7) is 2.55. The van der Waals surface area contributed by atoms with Crippen LogP contribution in [0, 0.1) is 0 Å². The normalized spacial score (nSPS) is 10.9. The Bertz CT molecular complexity index is 1120. The van der Waals surface area contributed by atoms with Gasteiger partial charge in [0.15, 0.2) is 4.96 Å². The maximum absolute atomic E-state index is 12.5. The molecule has 0 fully saturated rings. The number of rotatable bonds is 6. The first-order valence-electron chi connectivity index (χ1n) is 8.86. The fraction of sp³-hybridized carbons (Fsp3) is 0.143. The van der Waals surface area contributed by atoms with Crippen LogP contribution in [0.2, 0.25) is 5.02 Å². The quantitative estimate of drug-likeness (QED) is 0.468. The van der Waals surface area contributed by atoms with Gasteiger partial charge in [0.1, 0.15) is 5.75 Å². The maximum atomic E-state index is 12.5. The van der Waals surface area contributed by atoms with Crippen molar-refractivity contribution in [1.82, 2.24) is 9.38 Å². The van der Waals surface area contributed by atoms with Crippen LogP contribution in [-0.2, 0) is 11.2 Å². The second-order valence-electron chi connectivity index (χ2n) is 6.20. The number of anilines is 1. The van der Waals surface area contributed by atoms with Crippen molar-refractivity contribution in [1.29, 1.82) is 0 Å². The molecule has 0 spiro atoms. The zero-order valence-electron chi connectivity index (χ0n) is 15.2. The van der Waals surface area contributed by atoms with Crippen LogP contribution in [0.1, 0.15) is 12.6 Å². The number of amides is 1. The minimum absolute atomic E-state index is 0.0816. The average Bonchev–Trinajstić information content (AvgIpc) is 3.26. The van der Waals surface area contributed by atoms with Gasteiger partial charge in [0.05, 0.1) is 18.7 Å². The maximum Gasteiger partial charge on any atom is 0.230 e. The highest BCUT2D eigenvalue weighted by Crippen LogP contribution is 2.26. The predicted molar refractivity (Wildman–Crippen MR) is 113 cm³/mol. The number of benzene rings is 2. The Morgan fingerprint density at radius 3 is 2.82 bits per heavy atom. The van der Waals surface area contributed by atoms with Gasteiger partial charge in [-0.2, -0.15) is 0 Å². The van der Waals surface area contributed by atoms with Crippen molar-refractivity contribution >= 4 is 39.5 Å². The minimum Gasteiger partial charge on any atom is -0.494 e. The molecule has 0 saturated heterocycles. The molecule has 2 aromatic heterocycles. The van der Waals surface area contributed by atoms with Crippen molar-refractivity contribution in [2.24, 2.45) is 0 Å². The molecule has 0 saturated carbocycles. The van der Waals surface area contributed by atoms with Crippen LogP contribution in [0.3, 0.4) is 0 Å². The topological polar surface area (TPSA) is 55.6 Å². The van der Waals surface area contributed by atoms with Gasteiger partial charge in [-0.25, -0.2) is 4.98 Å². The van der Waals surface area contributed by atoms with Crippen molar-refractivity contribution < 1.29 is 9.53 Å². The van der Waals surface area contributed by atoms with Crippen molar-refractivity contribution in [2.75, 3.05) is 11.9 Å². The summed E-state index contributed by atoms with van der Waals surface area (Å²) < 4.78 is 7.37. The van der Waals surface area contributed by atoms with Crippen molar-refractivity contribution in [3.63, 3.8) is 0 Å². The number of fused-ring (bicyclic) bond motifs is 1. The molecule has 2 aromatic carbocycles. The number of nitrogens with one attached hydrogen (secondary N) is 1. The predicted octanol–water partition coefficient (Wildman–Crippen LogP) is 5.30. The van der Waals surface area contributed by atoms with E-state index in [4.69, 9.17) is 16.3 Å². The van der Waals surface area contributed by atoms with Gasteiger partial charge in [-0.1, -0.05) is 23.7 Å². The number of nitrogens with zero attached hydrogens (tertiary/aromatic N) is 2. The highest BCUT2D eigenvalue weighted by Gasteiger charge is 2.13. The summed E-state index contributed by atoms with van der Waals surface area (Å²) in [4.78, 5) is 18.0. The largest absolute Gasteiger partial charge is 0.494 e. The van der Waals surface area contributed by atoms with E-state index in [2.05, 4.69) is 10.3 Å². The summed E-state index contributed by atoms with van der Waals surface area (Å²) in [5.41, 5.74) is 3.42. The lowest BCUT2D eigenvalue weighted by Crippen LogP contribution is -2.15. The Morgan fingerprint density at radius 2 is 2.07 bits per heavy atom. The fourth-order valence-corrected chi connectivity index (χ4v) is 3.98. The third kappa shape index (κ3) is 4.03. The summed E-state index contributed by atoms with van der Waals surface area (Å²) in [6, 6.07) is 14.9. The average molecular weight is 412 g/mol. The number of halogens is 1. The lowest BCUT2D eigenvalue weighted by atomic mass is 10.2. The first-order chi connectivity index (χ1) is 13.6. The zero-order chi connectivity index (χ0) is 19.5. The highest BCUT2D eigenvalue weighted by molar-refractivity contribution is 7.15. The Kier molecular flexibility index (Phi) is 5.32. The van der Waals surface area contributed by atoms with E-state index in [1.165, 1.54) is 11.3 Å². The van der Waals surface area contributed by atoms with Gasteiger partial charge < -0.3 is 10.1 Å². The van der Waals surface area contributed by atoms with Crippen LogP contribution in [0.15, 0.2) is 60.1 Å². The van der Waals surface area contributed by atoms with Crippen molar-refractivity contribution in [3.05, 3.63) is 70.8 Å². The number of carbonyl (C=O) groups is 1. The molecule has 0 aliphatic heterocycles. The first kappa shape index (κ1) is 18.5. The van der Waals surface area contributed by atoms with Crippen molar-refractivity contribution in [2.45, 2.75) is 13.3 Å². The van der Waals surface area contributed by atoms with E-state index in [9.17, 15) is 4.79 Å². The second kappa shape index (κ2) is 8.04. The van der Waals surface area contributed by atoms with Gasteiger partial charge in [0.25, 0.3) is 0 Å². The number of aromatic nitrogens is 2. The van der Waals surface area contributed by atoms with Crippen molar-refractivity contribution in [3.8, 4) is 17.0 Å². The van der Waals surface area contributed by atoms with E-state index < -0.39 is 0 Å². The number of carbonyl (C=O) groups excluding carboxylic acids is 1. The molecule has 0 aliphatic carbocycles. The van der Waals surface area contributed by atoms with Gasteiger partial charge in [0, 0.05) is 33.5 Å². The Balaban J connectivity index is 1.49. The molecule has 4 aromatic rings. The summed E-state index contributed by atoms with van der Waals surface area (Å²) in [5.74, 6) is 0.703. The minimum atomic E-state index is -0.0816. The highest BCUT2D eigenvalue weighted by atomic mass is 35.5. The molecule has 0 radical (unpaired) electrons. The molecule has 1 amide bonds. The van der Waals surface area contributed by atoms with E-state index in [0.29, 0.717) is 11.6 Å². The summed E-state index contributed by atoms with van der Waals surface area (Å²) in [5, 5.41) is 5.55. The molecule has 0 aliphatic rings. The number of hydrogen-bond donors (Lipinski definition) is 1. The molecule has 5 nitrogen and oxygen atoms in total. The van der Waals surface area contributed by atoms with E-state index >= 15 is 0 Å². The summed E-state index contributed by atoms with van der Waals surface area (Å²) in [6.07, 6.45) is 2.20. The molecule has 4 rings (SSSR count). The van der Waals surface area contributed by atoms with Gasteiger partial charge in [-0.05, 0) is 43.3 Å². The molecule has 0 bridgehead atoms. The molecule has 0 unspecified atom stereocenters. The molecule has 2 heterocycles. The van der Waals surface area contributed by atoms with E-state index in [1.807, 2.05) is 71.4 Å². The third-order valence-electron chi connectivity index (χ3n) is 4.19. The molecule has 7 heteroatoms. The Hall–Kier alpha value is -2.83. The molecule has 0 atom stereocenters. The SMILES string of the molecule is CCOc1ccc(NC(=O)Cc2csc3nc(-c4cccc(Cl)c4)cn23)cc1. The second-order valence-corrected chi connectivity index (χ2v) is 7.47. The number of hydrogen-bond acceptors (Lipinski definition) is 4. The van der Waals surface area contributed by atoms with Crippen LogP contribution in [0.25, 0.3) is 16.2 Å². The Labute approximate surface area is 171 Å². The lowest BCUT2D eigenvalue weighted by Gasteiger charge is -2.07. The number of imidazole rings is 1. The molecule has 1 N–H and O–H groups in total. The molecule has 28 heavy (non-hydrogen) atoms. The number of thiazole rings is 1. The van der Waals surface area contributed by atoms with Crippen LogP contribution in [-0.4, -0.2) is 21.9 Å². The first-order valence-corrected chi connectivity index (χ1v) is 10.1. The lowest BCUT2D eigenvalue weighted by molar-refractivity contribution is -0.115. The van der Waals surface area contributed by atoms with Crippen LogP contribution in [0.5, 0.6) is 5.75 Å². The zero-order valence-corrected chi connectivity index (χ0v) is 16.8. The standard InChI is InChI=1S/C21H18ClN3O2S/c1-2-27-18-8-6-16(7-9-18)23-20(26)11-17-13-28-21-24-19(12-25(17)21)14-4-3-5-15(22)10-14/h3-10,12-13H,2,11H2,1H3,(H,23,26). The van der Waals surface area contributed by atoms with E-state index in [-0.39, 0.29) is 12.3 Å². The summed E-state index contributed by atoms with van der Waals surface area (Å²) in [7, 11) is 0. The van der Waals surface area contributed by atoms with Crippen LogP contribution >= 0.6 is 22.9 Å². The van der Waals surface area contributed by atoms with E-state index in [1.54, 1.807) is 0 Å². The van der Waals surface area contributed by atoms with E-state index in [0.717, 1.165) is 33.3 Å². The third-order valence-corrected chi connectivity index (χ3v) is 5.32. The smallest absolute Gasteiger partial charge is 0.230 e. The fourth-order valence-electron chi connectivity index (χ4n) is 2.91. The van der Waals surface area contributed by atoms with Gasteiger partial charge >= 0.3 is 0 Å². The number of ether oxygens (including phenoxy) is 1. The monoisotopic (exact) mass is 411 g/mol. The van der Waals surface area contributed by atoms with Gasteiger partial charge in [-0.3, -0.25) is 9.20 Å².